The number of benzene rings is 2. The highest BCUT2D eigenvalue weighted by atomic mass is 16.5. The van der Waals surface area contributed by atoms with Crippen LogP contribution in [0.25, 0.3) is 22.6 Å². The number of para-hydroxylation sites is 3. The van der Waals surface area contributed by atoms with Crippen LogP contribution in [-0.2, 0) is 4.79 Å². The standard InChI is InChI=1S/C17H13NO3/c1-3-15(19)21-16-11(2)7-6-8-12(16)17-18-13-9-4-5-10-14(13)20-17/h3-10H,1H2,2H3. The van der Waals surface area contributed by atoms with E-state index in [1.165, 1.54) is 0 Å². The van der Waals surface area contributed by atoms with Gasteiger partial charge in [0, 0.05) is 6.08 Å². The van der Waals surface area contributed by atoms with E-state index in [4.69, 9.17) is 9.15 Å². The first kappa shape index (κ1) is 13.1. The molecular formula is C17H13NO3. The van der Waals surface area contributed by atoms with Crippen LogP contribution in [0, 0.1) is 6.92 Å². The minimum atomic E-state index is -0.512. The second-order valence-electron chi connectivity index (χ2n) is 4.56. The third kappa shape index (κ3) is 2.43. The maximum Gasteiger partial charge on any atom is 0.335 e. The summed E-state index contributed by atoms with van der Waals surface area (Å²) in [6.07, 6.45) is 1.13. The monoisotopic (exact) mass is 279 g/mol. The zero-order chi connectivity index (χ0) is 14.8. The minimum absolute atomic E-state index is 0.423. The number of aryl methyl sites for hydroxylation is 1. The Balaban J connectivity index is 2.15. The van der Waals surface area contributed by atoms with Crippen LogP contribution >= 0.6 is 0 Å². The molecule has 0 radical (unpaired) electrons. The van der Waals surface area contributed by atoms with Crippen molar-refractivity contribution in [1.29, 1.82) is 0 Å². The van der Waals surface area contributed by atoms with Crippen LogP contribution in [0.3, 0.4) is 0 Å². The number of nitrogens with zero attached hydrogens (tertiary/aromatic N) is 1. The number of hydrogen-bond donors (Lipinski definition) is 0. The van der Waals surface area contributed by atoms with Crippen molar-refractivity contribution in [2.45, 2.75) is 6.92 Å². The number of hydrogen-bond acceptors (Lipinski definition) is 4. The Morgan fingerprint density at radius 1 is 1.24 bits per heavy atom. The van der Waals surface area contributed by atoms with E-state index in [1.807, 2.05) is 49.4 Å². The maximum atomic E-state index is 11.5. The van der Waals surface area contributed by atoms with Gasteiger partial charge in [-0.15, -0.1) is 0 Å². The fourth-order valence-corrected chi connectivity index (χ4v) is 2.09. The molecule has 4 nitrogen and oxygen atoms in total. The Kier molecular flexibility index (Phi) is 3.28. The van der Waals surface area contributed by atoms with E-state index in [0.717, 1.165) is 17.2 Å². The lowest BCUT2D eigenvalue weighted by Crippen LogP contribution is -2.05. The summed E-state index contributed by atoms with van der Waals surface area (Å²) in [6.45, 7) is 5.27. The van der Waals surface area contributed by atoms with Gasteiger partial charge in [-0.1, -0.05) is 30.8 Å². The molecule has 21 heavy (non-hydrogen) atoms. The van der Waals surface area contributed by atoms with E-state index in [2.05, 4.69) is 11.6 Å². The van der Waals surface area contributed by atoms with Crippen molar-refractivity contribution < 1.29 is 13.9 Å². The average Bonchev–Trinajstić information content (AvgIpc) is 2.92. The lowest BCUT2D eigenvalue weighted by molar-refractivity contribution is -0.128. The number of fused-ring (bicyclic) bond motifs is 1. The molecule has 0 amide bonds. The molecule has 1 aromatic heterocycles. The molecule has 0 bridgehead atoms. The van der Waals surface area contributed by atoms with Crippen LogP contribution in [0.2, 0.25) is 0 Å². The van der Waals surface area contributed by atoms with Gasteiger partial charge < -0.3 is 9.15 Å². The van der Waals surface area contributed by atoms with Gasteiger partial charge in [0.15, 0.2) is 5.58 Å². The second-order valence-corrected chi connectivity index (χ2v) is 4.56. The quantitative estimate of drug-likeness (QED) is 0.414. The smallest absolute Gasteiger partial charge is 0.335 e. The summed E-state index contributed by atoms with van der Waals surface area (Å²) in [4.78, 5) is 15.9. The van der Waals surface area contributed by atoms with E-state index in [-0.39, 0.29) is 0 Å². The van der Waals surface area contributed by atoms with Crippen molar-refractivity contribution in [1.82, 2.24) is 4.98 Å². The van der Waals surface area contributed by atoms with Crippen molar-refractivity contribution in [3.63, 3.8) is 0 Å². The number of aromatic nitrogens is 1. The van der Waals surface area contributed by atoms with E-state index in [9.17, 15) is 4.79 Å². The molecule has 3 aromatic rings. The van der Waals surface area contributed by atoms with Gasteiger partial charge in [0.1, 0.15) is 11.3 Å². The van der Waals surface area contributed by atoms with E-state index >= 15 is 0 Å². The summed E-state index contributed by atoms with van der Waals surface area (Å²) < 4.78 is 11.1. The van der Waals surface area contributed by atoms with Crippen LogP contribution in [0.5, 0.6) is 5.75 Å². The fraction of sp³-hybridized carbons (Fsp3) is 0.0588. The van der Waals surface area contributed by atoms with Crippen molar-refractivity contribution in [2.75, 3.05) is 0 Å². The Labute approximate surface area is 121 Å². The van der Waals surface area contributed by atoms with Crippen LogP contribution in [-0.4, -0.2) is 11.0 Å². The summed E-state index contributed by atoms with van der Waals surface area (Å²) in [6, 6.07) is 13.0. The molecule has 0 spiro atoms. The molecule has 0 aliphatic rings. The predicted molar refractivity (Wildman–Crippen MR) is 80.0 cm³/mol. The first-order valence-electron chi connectivity index (χ1n) is 6.49. The largest absolute Gasteiger partial charge is 0.436 e. The van der Waals surface area contributed by atoms with Gasteiger partial charge in [-0.05, 0) is 30.7 Å². The predicted octanol–water partition coefficient (Wildman–Crippen LogP) is 3.89. The molecule has 0 atom stereocenters. The number of carbonyl (C=O) groups is 1. The van der Waals surface area contributed by atoms with Gasteiger partial charge in [-0.25, -0.2) is 9.78 Å². The first-order valence-corrected chi connectivity index (χ1v) is 6.49. The number of oxazole rings is 1. The van der Waals surface area contributed by atoms with Gasteiger partial charge in [-0.3, -0.25) is 0 Å². The molecule has 104 valence electrons. The Morgan fingerprint density at radius 2 is 2.05 bits per heavy atom. The average molecular weight is 279 g/mol. The molecule has 0 aliphatic carbocycles. The molecule has 2 aromatic carbocycles. The molecule has 0 N–H and O–H groups in total. The number of carbonyl (C=O) groups excluding carboxylic acids is 1. The fourth-order valence-electron chi connectivity index (χ4n) is 2.09. The molecule has 0 saturated carbocycles. The topological polar surface area (TPSA) is 52.3 Å². The third-order valence-corrected chi connectivity index (χ3v) is 3.11. The van der Waals surface area contributed by atoms with Crippen molar-refractivity contribution in [3.8, 4) is 17.2 Å². The normalized spacial score (nSPS) is 10.5. The third-order valence-electron chi connectivity index (χ3n) is 3.11. The molecule has 0 fully saturated rings. The Hall–Kier alpha value is -2.88. The van der Waals surface area contributed by atoms with Crippen molar-refractivity contribution in [3.05, 3.63) is 60.7 Å². The minimum Gasteiger partial charge on any atom is -0.436 e. The van der Waals surface area contributed by atoms with Gasteiger partial charge >= 0.3 is 5.97 Å². The zero-order valence-electron chi connectivity index (χ0n) is 11.5. The summed E-state index contributed by atoms with van der Waals surface area (Å²) in [5.41, 5.74) is 2.91. The number of esters is 1. The summed E-state index contributed by atoms with van der Waals surface area (Å²) in [5, 5.41) is 0. The van der Waals surface area contributed by atoms with Gasteiger partial charge in [0.25, 0.3) is 0 Å². The Morgan fingerprint density at radius 3 is 2.81 bits per heavy atom. The highest BCUT2D eigenvalue weighted by Gasteiger charge is 2.16. The summed E-state index contributed by atoms with van der Waals surface area (Å²) >= 11 is 0. The van der Waals surface area contributed by atoms with E-state index in [1.54, 1.807) is 0 Å². The molecule has 1 heterocycles. The molecule has 0 saturated heterocycles. The molecule has 0 aliphatic heterocycles. The van der Waals surface area contributed by atoms with E-state index < -0.39 is 5.97 Å². The van der Waals surface area contributed by atoms with Gasteiger partial charge in [0.2, 0.25) is 5.89 Å². The second kappa shape index (κ2) is 5.25. The molecular weight excluding hydrogens is 266 g/mol. The van der Waals surface area contributed by atoms with Gasteiger partial charge in [0.05, 0.1) is 5.56 Å². The lowest BCUT2D eigenvalue weighted by Gasteiger charge is -2.09. The van der Waals surface area contributed by atoms with Crippen LogP contribution < -0.4 is 4.74 Å². The maximum absolute atomic E-state index is 11.5. The van der Waals surface area contributed by atoms with Crippen LogP contribution in [0.4, 0.5) is 0 Å². The zero-order valence-corrected chi connectivity index (χ0v) is 11.5. The Bertz CT molecular complexity index is 800. The summed E-state index contributed by atoms with van der Waals surface area (Å²) in [7, 11) is 0. The SMILES string of the molecule is C=CC(=O)Oc1c(C)cccc1-c1nc2ccccc2o1. The van der Waals surface area contributed by atoms with Crippen LogP contribution in [0.1, 0.15) is 5.56 Å². The van der Waals surface area contributed by atoms with Crippen LogP contribution in [0.15, 0.2) is 59.5 Å². The lowest BCUT2D eigenvalue weighted by atomic mass is 10.1. The molecule has 0 unspecified atom stereocenters. The number of rotatable bonds is 3. The van der Waals surface area contributed by atoms with Gasteiger partial charge in [-0.2, -0.15) is 0 Å². The first-order chi connectivity index (χ1) is 10.2. The van der Waals surface area contributed by atoms with Crippen molar-refractivity contribution >= 4 is 17.1 Å². The summed E-state index contributed by atoms with van der Waals surface area (Å²) in [5.74, 6) is 0.349. The highest BCUT2D eigenvalue weighted by molar-refractivity contribution is 5.86. The van der Waals surface area contributed by atoms with E-state index in [0.29, 0.717) is 22.8 Å². The molecule has 4 heteroatoms. The molecule has 3 rings (SSSR count). The number of ether oxygens (including phenoxy) is 1. The van der Waals surface area contributed by atoms with Crippen molar-refractivity contribution in [2.24, 2.45) is 0 Å². The highest BCUT2D eigenvalue weighted by Crippen LogP contribution is 2.34.